The Morgan fingerprint density at radius 1 is 1.17 bits per heavy atom. The van der Waals surface area contributed by atoms with Crippen molar-refractivity contribution in [1.82, 2.24) is 5.43 Å². The molecule has 7 nitrogen and oxygen atoms in total. The quantitative estimate of drug-likeness (QED) is 0.598. The Hall–Kier alpha value is -3.22. The van der Waals surface area contributed by atoms with Gasteiger partial charge in [0.05, 0.1) is 17.9 Å². The molecular weight excluding hydrogens is 368 g/mol. The molecule has 3 N–H and O–H groups in total. The molecule has 7 heteroatoms. The van der Waals surface area contributed by atoms with Gasteiger partial charge in [0.15, 0.2) is 0 Å². The highest BCUT2D eigenvalue weighted by atomic mass is 16.3. The largest absolute Gasteiger partial charge is 0.508 e. The molecule has 29 heavy (non-hydrogen) atoms. The van der Waals surface area contributed by atoms with Crippen molar-refractivity contribution in [2.45, 2.75) is 46.1 Å². The number of amides is 1. The summed E-state index contributed by atoms with van der Waals surface area (Å²) in [7, 11) is 0. The highest BCUT2D eigenvalue weighted by molar-refractivity contribution is 6.05. The Balaban J connectivity index is 1.68. The SMILES string of the molecule is CCCCc1c(O)ccc(CN=Nc2ccc(C3=NNC(=O)CC3C)cc2)c1O. The van der Waals surface area contributed by atoms with Gasteiger partial charge in [-0.05, 0) is 42.7 Å². The lowest BCUT2D eigenvalue weighted by molar-refractivity contribution is -0.121. The number of benzene rings is 2. The molecule has 1 unspecified atom stereocenters. The van der Waals surface area contributed by atoms with Gasteiger partial charge < -0.3 is 10.2 Å². The highest BCUT2D eigenvalue weighted by Crippen LogP contribution is 2.32. The summed E-state index contributed by atoms with van der Waals surface area (Å²) < 4.78 is 0. The highest BCUT2D eigenvalue weighted by Gasteiger charge is 2.21. The van der Waals surface area contributed by atoms with Gasteiger partial charge >= 0.3 is 0 Å². The minimum Gasteiger partial charge on any atom is -0.508 e. The Morgan fingerprint density at radius 2 is 1.93 bits per heavy atom. The maximum Gasteiger partial charge on any atom is 0.240 e. The van der Waals surface area contributed by atoms with E-state index in [0.29, 0.717) is 29.7 Å². The van der Waals surface area contributed by atoms with Gasteiger partial charge in [0.1, 0.15) is 11.5 Å². The molecule has 0 fully saturated rings. The minimum absolute atomic E-state index is 0.0654. The molecule has 1 aliphatic heterocycles. The van der Waals surface area contributed by atoms with Crippen molar-refractivity contribution >= 4 is 17.3 Å². The van der Waals surface area contributed by atoms with Crippen LogP contribution in [0, 0.1) is 5.92 Å². The standard InChI is InChI=1S/C22H26N4O3/c1-3-4-5-18-19(27)11-8-16(22(18)29)13-23-24-17-9-6-15(7-10-17)21-14(2)12-20(28)25-26-21/h6-11,14,27,29H,3-5,12-13H2,1-2H3,(H,25,28). The van der Waals surface area contributed by atoms with Crippen molar-refractivity contribution in [1.29, 1.82) is 0 Å². The first-order chi connectivity index (χ1) is 14.0. The molecule has 0 spiro atoms. The summed E-state index contributed by atoms with van der Waals surface area (Å²) in [4.78, 5) is 11.4. The first-order valence-corrected chi connectivity index (χ1v) is 9.86. The average molecular weight is 394 g/mol. The molecule has 1 amide bonds. The van der Waals surface area contributed by atoms with Gasteiger partial charge in [-0.2, -0.15) is 15.3 Å². The number of carbonyl (C=O) groups excluding carboxylic acids is 1. The summed E-state index contributed by atoms with van der Waals surface area (Å²) in [6, 6.07) is 10.8. The summed E-state index contributed by atoms with van der Waals surface area (Å²) in [6.45, 7) is 4.27. The van der Waals surface area contributed by atoms with E-state index >= 15 is 0 Å². The second kappa shape index (κ2) is 9.32. The number of phenolic OH excluding ortho intramolecular Hbond substituents is 2. The van der Waals surface area contributed by atoms with E-state index in [9.17, 15) is 15.0 Å². The average Bonchev–Trinajstić information content (AvgIpc) is 2.70. The molecule has 0 saturated carbocycles. The molecule has 3 rings (SSSR count). The molecule has 0 radical (unpaired) electrons. The molecular formula is C22H26N4O3. The van der Waals surface area contributed by atoms with Crippen LogP contribution in [0.15, 0.2) is 51.7 Å². The van der Waals surface area contributed by atoms with Crippen LogP contribution in [0.4, 0.5) is 5.69 Å². The zero-order valence-electron chi connectivity index (χ0n) is 16.7. The van der Waals surface area contributed by atoms with Gasteiger partial charge in [0.25, 0.3) is 0 Å². The number of nitrogens with zero attached hydrogens (tertiary/aromatic N) is 3. The van der Waals surface area contributed by atoms with Crippen LogP contribution in [-0.2, 0) is 17.8 Å². The Kier molecular flexibility index (Phi) is 6.59. The smallest absolute Gasteiger partial charge is 0.240 e. The number of unbranched alkanes of at least 4 members (excludes halogenated alkanes) is 1. The monoisotopic (exact) mass is 394 g/mol. The fraction of sp³-hybridized carbons (Fsp3) is 0.364. The Bertz CT molecular complexity index is 936. The summed E-state index contributed by atoms with van der Waals surface area (Å²) in [5.41, 5.74) is 6.20. The number of aromatic hydroxyl groups is 2. The van der Waals surface area contributed by atoms with Crippen LogP contribution in [0.1, 0.15) is 49.8 Å². The van der Waals surface area contributed by atoms with E-state index in [1.54, 1.807) is 12.1 Å². The normalized spacial score (nSPS) is 16.7. The van der Waals surface area contributed by atoms with E-state index < -0.39 is 0 Å². The number of azo groups is 1. The van der Waals surface area contributed by atoms with Crippen molar-refractivity contribution in [3.05, 3.63) is 53.1 Å². The number of rotatable bonds is 7. The molecule has 0 aromatic heterocycles. The molecule has 1 aliphatic rings. The van der Waals surface area contributed by atoms with Crippen molar-refractivity contribution in [3.8, 4) is 11.5 Å². The van der Waals surface area contributed by atoms with Gasteiger partial charge in [0, 0.05) is 23.5 Å². The van der Waals surface area contributed by atoms with E-state index in [1.807, 2.05) is 31.2 Å². The molecule has 0 aliphatic carbocycles. The Morgan fingerprint density at radius 3 is 2.62 bits per heavy atom. The van der Waals surface area contributed by atoms with Crippen molar-refractivity contribution in [2.24, 2.45) is 21.2 Å². The lowest BCUT2D eigenvalue weighted by atomic mass is 9.94. The lowest BCUT2D eigenvalue weighted by Crippen LogP contribution is -2.31. The van der Waals surface area contributed by atoms with E-state index in [4.69, 9.17) is 0 Å². The Labute approximate surface area is 170 Å². The first-order valence-electron chi connectivity index (χ1n) is 9.86. The van der Waals surface area contributed by atoms with Crippen LogP contribution in [0.5, 0.6) is 11.5 Å². The maximum atomic E-state index is 11.4. The van der Waals surface area contributed by atoms with Gasteiger partial charge in [0.2, 0.25) is 5.91 Å². The van der Waals surface area contributed by atoms with E-state index in [1.165, 1.54) is 0 Å². The fourth-order valence-corrected chi connectivity index (χ4v) is 3.30. The maximum absolute atomic E-state index is 11.4. The van der Waals surface area contributed by atoms with Gasteiger partial charge in [-0.3, -0.25) is 4.79 Å². The van der Waals surface area contributed by atoms with Crippen molar-refractivity contribution < 1.29 is 15.0 Å². The zero-order chi connectivity index (χ0) is 20.8. The number of hydrogen-bond acceptors (Lipinski definition) is 6. The van der Waals surface area contributed by atoms with Gasteiger partial charge in [-0.25, -0.2) is 5.43 Å². The molecule has 1 atom stereocenters. The lowest BCUT2D eigenvalue weighted by Gasteiger charge is -2.19. The first kappa shape index (κ1) is 20.5. The summed E-state index contributed by atoms with van der Waals surface area (Å²) in [5, 5.41) is 32.9. The van der Waals surface area contributed by atoms with Crippen molar-refractivity contribution in [2.75, 3.05) is 0 Å². The van der Waals surface area contributed by atoms with Crippen LogP contribution >= 0.6 is 0 Å². The molecule has 2 aromatic carbocycles. The molecule has 2 aromatic rings. The van der Waals surface area contributed by atoms with Crippen LogP contribution in [0.2, 0.25) is 0 Å². The third kappa shape index (κ3) is 4.99. The van der Waals surface area contributed by atoms with Crippen LogP contribution in [0.3, 0.4) is 0 Å². The number of nitrogens with one attached hydrogen (secondary N) is 1. The topological polar surface area (TPSA) is 107 Å². The molecule has 152 valence electrons. The van der Waals surface area contributed by atoms with E-state index in [0.717, 1.165) is 24.1 Å². The third-order valence-electron chi connectivity index (χ3n) is 4.97. The number of carbonyl (C=O) groups is 1. The molecule has 0 saturated heterocycles. The van der Waals surface area contributed by atoms with Gasteiger partial charge in [-0.1, -0.05) is 32.4 Å². The summed E-state index contributed by atoms with van der Waals surface area (Å²) >= 11 is 0. The predicted molar refractivity (Wildman–Crippen MR) is 112 cm³/mol. The van der Waals surface area contributed by atoms with Gasteiger partial charge in [-0.15, -0.1) is 0 Å². The summed E-state index contributed by atoms with van der Waals surface area (Å²) in [5.74, 6) is 0.208. The fourth-order valence-electron chi connectivity index (χ4n) is 3.30. The number of hydrogen-bond donors (Lipinski definition) is 3. The van der Waals surface area contributed by atoms with Crippen LogP contribution in [0.25, 0.3) is 0 Å². The van der Waals surface area contributed by atoms with E-state index in [-0.39, 0.29) is 29.9 Å². The predicted octanol–water partition coefficient (Wildman–Crippen LogP) is 4.58. The number of phenols is 2. The van der Waals surface area contributed by atoms with Crippen LogP contribution in [-0.4, -0.2) is 21.8 Å². The third-order valence-corrected chi connectivity index (χ3v) is 4.97. The van der Waals surface area contributed by atoms with E-state index in [2.05, 4.69) is 27.7 Å². The number of hydrazone groups is 1. The minimum atomic E-state index is -0.0676. The molecule has 1 heterocycles. The molecule has 0 bridgehead atoms. The zero-order valence-corrected chi connectivity index (χ0v) is 16.7. The second-order valence-electron chi connectivity index (χ2n) is 7.26. The van der Waals surface area contributed by atoms with Crippen LogP contribution < -0.4 is 5.43 Å². The van der Waals surface area contributed by atoms with Crippen molar-refractivity contribution in [3.63, 3.8) is 0 Å². The second-order valence-corrected chi connectivity index (χ2v) is 7.26. The summed E-state index contributed by atoms with van der Waals surface area (Å²) in [6.07, 6.45) is 2.93.